The Balaban J connectivity index is 2.36. The number of hydrogen-bond acceptors (Lipinski definition) is 3. The van der Waals surface area contributed by atoms with Crippen LogP contribution in [-0.4, -0.2) is 41.4 Å². The smallest absolute Gasteiger partial charge is 0.115 e. The second-order valence-electron chi connectivity index (χ2n) is 5.43. The van der Waals surface area contributed by atoms with E-state index >= 15 is 0 Å². The van der Waals surface area contributed by atoms with Crippen LogP contribution in [0.2, 0.25) is 0 Å². The fraction of sp³-hybridized carbons (Fsp3) is 0.600. The first-order chi connectivity index (χ1) is 8.58. The van der Waals surface area contributed by atoms with E-state index in [4.69, 9.17) is 0 Å². The summed E-state index contributed by atoms with van der Waals surface area (Å²) in [6, 6.07) is 7.39. The number of aliphatic hydroxyl groups excluding tert-OH is 1. The number of rotatable bonds is 3. The molecule has 1 aromatic rings. The van der Waals surface area contributed by atoms with Gasteiger partial charge in [0.15, 0.2) is 0 Å². The lowest BCUT2D eigenvalue weighted by Crippen LogP contribution is -2.48. The maximum atomic E-state index is 10.5. The zero-order valence-electron chi connectivity index (χ0n) is 11.3. The fourth-order valence-electron chi connectivity index (χ4n) is 3.04. The number of hydrogen-bond donors (Lipinski definition) is 2. The van der Waals surface area contributed by atoms with Crippen LogP contribution in [0.4, 0.5) is 0 Å². The number of piperidine rings is 1. The molecule has 0 amide bonds. The van der Waals surface area contributed by atoms with Crippen LogP contribution < -0.4 is 0 Å². The second kappa shape index (κ2) is 5.29. The van der Waals surface area contributed by atoms with Crippen LogP contribution in [0, 0.1) is 0 Å². The molecule has 100 valence electrons. The Bertz CT molecular complexity index is 397. The highest BCUT2D eigenvalue weighted by Crippen LogP contribution is 2.40. The van der Waals surface area contributed by atoms with Gasteiger partial charge in [-0.15, -0.1) is 0 Å². The molecule has 1 aromatic carbocycles. The highest BCUT2D eigenvalue weighted by Gasteiger charge is 2.40. The minimum atomic E-state index is -0.340. The van der Waals surface area contributed by atoms with E-state index in [0.29, 0.717) is 0 Å². The van der Waals surface area contributed by atoms with Crippen molar-refractivity contribution in [1.82, 2.24) is 4.90 Å². The molecule has 1 saturated heterocycles. The number of likely N-dealkylation sites (tertiary alicyclic amines) is 1. The van der Waals surface area contributed by atoms with Gasteiger partial charge in [0, 0.05) is 5.41 Å². The molecule has 0 unspecified atom stereocenters. The summed E-state index contributed by atoms with van der Waals surface area (Å²) in [6.07, 6.45) is 2.30. The van der Waals surface area contributed by atoms with Crippen molar-refractivity contribution in [2.75, 3.05) is 20.1 Å². The molecule has 2 rings (SSSR count). The molecule has 3 heteroatoms. The Kier molecular flexibility index (Phi) is 3.93. The molecular formula is C15H23NO2. The molecule has 0 aliphatic carbocycles. The van der Waals surface area contributed by atoms with E-state index in [0.717, 1.165) is 37.9 Å². The molecule has 2 N–H and O–H groups in total. The zero-order chi connectivity index (χ0) is 13.2. The van der Waals surface area contributed by atoms with Crippen molar-refractivity contribution in [1.29, 1.82) is 0 Å². The zero-order valence-corrected chi connectivity index (χ0v) is 11.3. The van der Waals surface area contributed by atoms with Gasteiger partial charge in [0.25, 0.3) is 0 Å². The summed E-state index contributed by atoms with van der Waals surface area (Å²) in [5, 5.41) is 20.1. The molecule has 0 spiro atoms. The minimum Gasteiger partial charge on any atom is -0.508 e. The van der Waals surface area contributed by atoms with Crippen molar-refractivity contribution in [3.63, 3.8) is 0 Å². The van der Waals surface area contributed by atoms with Gasteiger partial charge in [0.05, 0.1) is 6.10 Å². The predicted octanol–water partition coefficient (Wildman–Crippen LogP) is 2.13. The van der Waals surface area contributed by atoms with Gasteiger partial charge < -0.3 is 15.1 Å². The van der Waals surface area contributed by atoms with Crippen molar-refractivity contribution in [2.24, 2.45) is 0 Å². The van der Waals surface area contributed by atoms with Crippen LogP contribution in [0.1, 0.15) is 31.7 Å². The molecule has 1 fully saturated rings. The SMILES string of the molecule is CC[C@@H](O)C1(c2cccc(O)c2)CCN(C)CC1. The number of nitrogens with zero attached hydrogens (tertiary/aromatic N) is 1. The van der Waals surface area contributed by atoms with E-state index in [-0.39, 0.29) is 17.3 Å². The van der Waals surface area contributed by atoms with E-state index in [1.54, 1.807) is 6.07 Å². The first-order valence-electron chi connectivity index (χ1n) is 6.74. The van der Waals surface area contributed by atoms with E-state index in [9.17, 15) is 10.2 Å². The van der Waals surface area contributed by atoms with Crippen LogP contribution in [-0.2, 0) is 5.41 Å². The Morgan fingerprint density at radius 1 is 1.33 bits per heavy atom. The van der Waals surface area contributed by atoms with Gasteiger partial charge in [0.1, 0.15) is 5.75 Å². The van der Waals surface area contributed by atoms with Crippen LogP contribution in [0.25, 0.3) is 0 Å². The van der Waals surface area contributed by atoms with Crippen LogP contribution in [0.5, 0.6) is 5.75 Å². The van der Waals surface area contributed by atoms with Crippen molar-refractivity contribution in [3.8, 4) is 5.75 Å². The highest BCUT2D eigenvalue weighted by molar-refractivity contribution is 5.34. The lowest BCUT2D eigenvalue weighted by molar-refractivity contribution is 0.0335. The predicted molar refractivity (Wildman–Crippen MR) is 72.8 cm³/mol. The lowest BCUT2D eigenvalue weighted by atomic mass is 9.68. The number of aliphatic hydroxyl groups is 1. The average Bonchev–Trinajstić information content (AvgIpc) is 2.39. The standard InChI is InChI=1S/C15H23NO2/c1-3-14(18)15(7-9-16(2)10-8-15)12-5-4-6-13(17)11-12/h4-6,11,14,17-18H,3,7-10H2,1-2H3/t14-/m1/s1. The van der Waals surface area contributed by atoms with E-state index in [1.165, 1.54) is 0 Å². The number of aromatic hydroxyl groups is 1. The summed E-state index contributed by atoms with van der Waals surface area (Å²) in [5.74, 6) is 0.286. The van der Waals surface area contributed by atoms with Gasteiger partial charge in [-0.1, -0.05) is 19.1 Å². The van der Waals surface area contributed by atoms with Gasteiger partial charge in [-0.05, 0) is 57.1 Å². The molecule has 0 saturated carbocycles. The Morgan fingerprint density at radius 2 is 2.00 bits per heavy atom. The maximum absolute atomic E-state index is 10.5. The number of phenols is 1. The van der Waals surface area contributed by atoms with Crippen molar-refractivity contribution in [2.45, 2.75) is 37.7 Å². The normalized spacial score (nSPS) is 21.7. The molecule has 0 aromatic heterocycles. The van der Waals surface area contributed by atoms with Gasteiger partial charge in [-0.3, -0.25) is 0 Å². The average molecular weight is 249 g/mol. The second-order valence-corrected chi connectivity index (χ2v) is 5.43. The fourth-order valence-corrected chi connectivity index (χ4v) is 3.04. The molecule has 0 bridgehead atoms. The van der Waals surface area contributed by atoms with Crippen molar-refractivity contribution < 1.29 is 10.2 Å². The molecule has 0 radical (unpaired) electrons. The summed E-state index contributed by atoms with van der Waals surface area (Å²) in [6.45, 7) is 4.01. The Morgan fingerprint density at radius 3 is 2.56 bits per heavy atom. The molecule has 18 heavy (non-hydrogen) atoms. The van der Waals surface area contributed by atoms with E-state index < -0.39 is 0 Å². The van der Waals surface area contributed by atoms with Crippen LogP contribution >= 0.6 is 0 Å². The molecule has 1 atom stereocenters. The third-order valence-corrected chi connectivity index (χ3v) is 4.32. The first-order valence-corrected chi connectivity index (χ1v) is 6.74. The summed E-state index contributed by atoms with van der Waals surface area (Å²) >= 11 is 0. The molecule has 3 nitrogen and oxygen atoms in total. The Hall–Kier alpha value is -1.06. The van der Waals surface area contributed by atoms with E-state index in [1.807, 2.05) is 25.1 Å². The molecular weight excluding hydrogens is 226 g/mol. The topological polar surface area (TPSA) is 43.7 Å². The van der Waals surface area contributed by atoms with Crippen molar-refractivity contribution >= 4 is 0 Å². The van der Waals surface area contributed by atoms with Gasteiger partial charge in [0.2, 0.25) is 0 Å². The van der Waals surface area contributed by atoms with Gasteiger partial charge in [-0.25, -0.2) is 0 Å². The molecule has 1 aliphatic rings. The Labute approximate surface area is 109 Å². The lowest BCUT2D eigenvalue weighted by Gasteiger charge is -2.44. The first kappa shape index (κ1) is 13.4. The largest absolute Gasteiger partial charge is 0.508 e. The summed E-state index contributed by atoms with van der Waals surface area (Å²) < 4.78 is 0. The van der Waals surface area contributed by atoms with Crippen molar-refractivity contribution in [3.05, 3.63) is 29.8 Å². The van der Waals surface area contributed by atoms with Crippen LogP contribution in [0.15, 0.2) is 24.3 Å². The summed E-state index contributed by atoms with van der Waals surface area (Å²) in [5.41, 5.74) is 0.880. The maximum Gasteiger partial charge on any atom is 0.115 e. The summed E-state index contributed by atoms with van der Waals surface area (Å²) in [7, 11) is 2.12. The molecule has 1 heterocycles. The molecule has 1 aliphatic heterocycles. The monoisotopic (exact) mass is 249 g/mol. The third kappa shape index (κ3) is 2.38. The number of benzene rings is 1. The quantitative estimate of drug-likeness (QED) is 0.862. The highest BCUT2D eigenvalue weighted by atomic mass is 16.3. The summed E-state index contributed by atoms with van der Waals surface area (Å²) in [4.78, 5) is 2.30. The number of phenolic OH excluding ortho intramolecular Hbond substituents is 1. The van der Waals surface area contributed by atoms with Crippen LogP contribution in [0.3, 0.4) is 0 Å². The van der Waals surface area contributed by atoms with Gasteiger partial charge >= 0.3 is 0 Å². The minimum absolute atomic E-state index is 0.194. The van der Waals surface area contributed by atoms with Gasteiger partial charge in [-0.2, -0.15) is 0 Å². The third-order valence-electron chi connectivity index (χ3n) is 4.32. The van der Waals surface area contributed by atoms with E-state index in [2.05, 4.69) is 11.9 Å².